The highest BCUT2D eigenvalue weighted by Gasteiger charge is 2.26. The van der Waals surface area contributed by atoms with E-state index < -0.39 is 0 Å². The molecule has 1 aliphatic heterocycles. The van der Waals surface area contributed by atoms with Crippen LogP contribution in [0.15, 0.2) is 27.4 Å². The Hall–Kier alpha value is -2.14. The molecule has 0 radical (unpaired) electrons. The van der Waals surface area contributed by atoms with Crippen molar-refractivity contribution in [3.8, 4) is 0 Å². The van der Waals surface area contributed by atoms with Crippen LogP contribution in [0.5, 0.6) is 0 Å². The van der Waals surface area contributed by atoms with Gasteiger partial charge >= 0.3 is 5.63 Å². The number of nitrogens with one attached hydrogen (secondary N) is 1. The molecule has 1 unspecified atom stereocenters. The monoisotopic (exact) mass is 398 g/mol. The summed E-state index contributed by atoms with van der Waals surface area (Å²) in [5, 5.41) is 4.11. The third kappa shape index (κ3) is 5.69. The molecule has 1 aromatic heterocycles. The van der Waals surface area contributed by atoms with E-state index in [1.807, 2.05) is 13.0 Å². The number of carbonyl (C=O) groups is 1. The summed E-state index contributed by atoms with van der Waals surface area (Å²) < 4.78 is 5.42. The van der Waals surface area contributed by atoms with Crippen LogP contribution < -0.4 is 10.9 Å². The Morgan fingerprint density at radius 2 is 1.97 bits per heavy atom. The van der Waals surface area contributed by atoms with Crippen molar-refractivity contribution in [3.63, 3.8) is 0 Å². The zero-order chi connectivity index (χ0) is 20.8. The van der Waals surface area contributed by atoms with Crippen LogP contribution in [-0.4, -0.2) is 30.4 Å². The van der Waals surface area contributed by atoms with Gasteiger partial charge in [-0.1, -0.05) is 26.2 Å². The molecule has 3 rings (SSSR count). The van der Waals surface area contributed by atoms with E-state index in [4.69, 9.17) is 4.42 Å². The molecule has 29 heavy (non-hydrogen) atoms. The second kappa shape index (κ2) is 10.1. The van der Waals surface area contributed by atoms with Gasteiger partial charge in [0.15, 0.2) is 0 Å². The Morgan fingerprint density at radius 3 is 2.76 bits per heavy atom. The number of fused-ring (bicyclic) bond motifs is 1. The maximum atomic E-state index is 12.6. The van der Waals surface area contributed by atoms with Gasteiger partial charge in [-0.2, -0.15) is 0 Å². The minimum absolute atomic E-state index is 0.0327. The zero-order valence-electron chi connectivity index (χ0n) is 18.1. The van der Waals surface area contributed by atoms with Crippen LogP contribution in [0.4, 0.5) is 0 Å². The van der Waals surface area contributed by atoms with Gasteiger partial charge < -0.3 is 9.73 Å². The molecule has 1 N–H and O–H groups in total. The van der Waals surface area contributed by atoms with Crippen molar-refractivity contribution < 1.29 is 9.21 Å². The molecule has 1 amide bonds. The molecular weight excluding hydrogens is 364 g/mol. The van der Waals surface area contributed by atoms with Gasteiger partial charge in [0.25, 0.3) is 0 Å². The van der Waals surface area contributed by atoms with E-state index in [1.54, 1.807) is 6.07 Å². The van der Waals surface area contributed by atoms with Gasteiger partial charge in [-0.3, -0.25) is 9.69 Å². The molecule has 5 nitrogen and oxygen atoms in total. The molecule has 1 aliphatic rings. The van der Waals surface area contributed by atoms with Crippen LogP contribution in [0.25, 0.3) is 11.0 Å². The molecule has 0 bridgehead atoms. The minimum atomic E-state index is -0.311. The summed E-state index contributed by atoms with van der Waals surface area (Å²) in [6, 6.07) is 5.66. The second-order valence-electron chi connectivity index (χ2n) is 8.45. The topological polar surface area (TPSA) is 62.6 Å². The number of aryl methyl sites for hydroxylation is 2. The van der Waals surface area contributed by atoms with Crippen LogP contribution >= 0.6 is 0 Å². The molecule has 1 aromatic carbocycles. The van der Waals surface area contributed by atoms with Crippen molar-refractivity contribution in [3.05, 3.63) is 45.3 Å². The van der Waals surface area contributed by atoms with Crippen molar-refractivity contribution >= 4 is 16.9 Å². The quantitative estimate of drug-likeness (QED) is 0.531. The average Bonchev–Trinajstić information content (AvgIpc) is 2.69. The van der Waals surface area contributed by atoms with E-state index in [-0.39, 0.29) is 17.5 Å². The Balaban J connectivity index is 1.65. The molecule has 158 valence electrons. The SMILES string of the molecule is CCCCCCNC(=O)C1CCCN(Cc2cc(=O)oc3cc(C)c(C)cc23)C1. The number of nitrogens with zero attached hydrogens (tertiary/aromatic N) is 1. The Kier molecular flexibility index (Phi) is 7.48. The van der Waals surface area contributed by atoms with E-state index in [9.17, 15) is 9.59 Å². The lowest BCUT2D eigenvalue weighted by molar-refractivity contribution is -0.126. The highest BCUT2D eigenvalue weighted by atomic mass is 16.4. The van der Waals surface area contributed by atoms with Crippen molar-refractivity contribution in [2.24, 2.45) is 5.92 Å². The molecule has 2 heterocycles. The third-order valence-corrected chi connectivity index (χ3v) is 6.04. The molecular formula is C24H34N2O3. The molecule has 2 aromatic rings. The first kappa shape index (κ1) is 21.6. The first-order valence-electron chi connectivity index (χ1n) is 11.0. The molecule has 1 atom stereocenters. The number of rotatable bonds is 8. The molecule has 1 saturated heterocycles. The van der Waals surface area contributed by atoms with Gasteiger partial charge in [0.1, 0.15) is 5.58 Å². The third-order valence-electron chi connectivity index (χ3n) is 6.04. The van der Waals surface area contributed by atoms with Crippen LogP contribution in [0, 0.1) is 19.8 Å². The standard InChI is InChI=1S/C24H34N2O3/c1-4-5-6-7-10-25-24(28)19-9-8-11-26(15-19)16-20-14-23(27)29-22-13-18(3)17(2)12-21(20)22/h12-14,19H,4-11,15-16H2,1-3H3,(H,25,28). The molecule has 1 fully saturated rings. The van der Waals surface area contributed by atoms with Gasteiger partial charge in [-0.05, 0) is 68.5 Å². The number of benzene rings is 1. The maximum absolute atomic E-state index is 12.6. The maximum Gasteiger partial charge on any atom is 0.336 e. The van der Waals surface area contributed by atoms with Gasteiger partial charge in [0.2, 0.25) is 5.91 Å². The highest BCUT2D eigenvalue weighted by molar-refractivity contribution is 5.82. The first-order chi connectivity index (χ1) is 14.0. The zero-order valence-corrected chi connectivity index (χ0v) is 18.1. The predicted octanol–water partition coefficient (Wildman–Crippen LogP) is 4.32. The number of unbranched alkanes of at least 4 members (excludes halogenated alkanes) is 3. The normalized spacial score (nSPS) is 17.6. The number of hydrogen-bond donors (Lipinski definition) is 1. The Bertz CT molecular complexity index is 903. The van der Waals surface area contributed by atoms with E-state index in [0.717, 1.165) is 55.4 Å². The summed E-state index contributed by atoms with van der Waals surface area (Å²) in [5.41, 5.74) is 3.63. The summed E-state index contributed by atoms with van der Waals surface area (Å²) in [7, 11) is 0. The molecule has 0 aliphatic carbocycles. The predicted molar refractivity (Wildman–Crippen MR) is 117 cm³/mol. The molecule has 0 saturated carbocycles. The first-order valence-corrected chi connectivity index (χ1v) is 11.0. The number of hydrogen-bond acceptors (Lipinski definition) is 4. The van der Waals surface area contributed by atoms with E-state index in [2.05, 4.69) is 30.1 Å². The lowest BCUT2D eigenvalue weighted by Crippen LogP contribution is -2.43. The fourth-order valence-corrected chi connectivity index (χ4v) is 4.18. The summed E-state index contributed by atoms with van der Waals surface area (Å²) >= 11 is 0. The number of likely N-dealkylation sites (tertiary alicyclic amines) is 1. The van der Waals surface area contributed by atoms with E-state index in [0.29, 0.717) is 12.1 Å². The Labute approximate surface area is 173 Å². The fourth-order valence-electron chi connectivity index (χ4n) is 4.18. The number of amides is 1. The second-order valence-corrected chi connectivity index (χ2v) is 8.45. The van der Waals surface area contributed by atoms with Gasteiger partial charge in [0.05, 0.1) is 5.92 Å². The largest absolute Gasteiger partial charge is 0.423 e. The minimum Gasteiger partial charge on any atom is -0.423 e. The van der Waals surface area contributed by atoms with Crippen LogP contribution in [0.3, 0.4) is 0 Å². The van der Waals surface area contributed by atoms with Crippen LogP contribution in [-0.2, 0) is 11.3 Å². The summed E-state index contributed by atoms with van der Waals surface area (Å²) in [6.45, 7) is 9.43. The molecule has 5 heteroatoms. The van der Waals surface area contributed by atoms with Crippen molar-refractivity contribution in [1.82, 2.24) is 10.2 Å². The lowest BCUT2D eigenvalue weighted by atomic mass is 9.96. The van der Waals surface area contributed by atoms with Crippen LogP contribution in [0.1, 0.15) is 62.1 Å². The van der Waals surface area contributed by atoms with Crippen LogP contribution in [0.2, 0.25) is 0 Å². The van der Waals surface area contributed by atoms with Crippen molar-refractivity contribution in [2.45, 2.75) is 65.8 Å². The van der Waals surface area contributed by atoms with Gasteiger partial charge in [-0.15, -0.1) is 0 Å². The summed E-state index contributed by atoms with van der Waals surface area (Å²) in [5.74, 6) is 0.209. The smallest absolute Gasteiger partial charge is 0.336 e. The highest BCUT2D eigenvalue weighted by Crippen LogP contribution is 2.25. The van der Waals surface area contributed by atoms with Gasteiger partial charge in [-0.25, -0.2) is 4.79 Å². The number of carbonyl (C=O) groups excluding carboxylic acids is 1. The van der Waals surface area contributed by atoms with Crippen molar-refractivity contribution in [2.75, 3.05) is 19.6 Å². The fraction of sp³-hybridized carbons (Fsp3) is 0.583. The summed E-state index contributed by atoms with van der Waals surface area (Å²) in [4.78, 5) is 26.9. The molecule has 0 spiro atoms. The van der Waals surface area contributed by atoms with E-state index in [1.165, 1.54) is 24.8 Å². The Morgan fingerprint density at radius 1 is 1.17 bits per heavy atom. The van der Waals surface area contributed by atoms with E-state index >= 15 is 0 Å². The summed E-state index contributed by atoms with van der Waals surface area (Å²) in [6.07, 6.45) is 6.61. The van der Waals surface area contributed by atoms with Gasteiger partial charge in [0, 0.05) is 31.1 Å². The number of piperidine rings is 1. The lowest BCUT2D eigenvalue weighted by Gasteiger charge is -2.32. The average molecular weight is 399 g/mol. The van der Waals surface area contributed by atoms with Crippen molar-refractivity contribution in [1.29, 1.82) is 0 Å².